The molecule has 5 N–H and O–H groups in total. The fourth-order valence-corrected chi connectivity index (χ4v) is 28.7. The number of hydrazone groups is 1. The van der Waals surface area contributed by atoms with Crippen molar-refractivity contribution in [3.05, 3.63) is 130 Å². The van der Waals surface area contributed by atoms with Crippen LogP contribution in [0.2, 0.25) is 0 Å². The molecule has 38 nitrogen and oxygen atoms in total. The van der Waals surface area contributed by atoms with Gasteiger partial charge in [-0.1, -0.05) is 96.7 Å². The number of aliphatic carboxylic acids is 3. The summed E-state index contributed by atoms with van der Waals surface area (Å²) in [6.07, 6.45) is 5.93. The fraction of sp³-hybridized carbons (Fsp3) is 0.557. The van der Waals surface area contributed by atoms with Gasteiger partial charge in [0.1, 0.15) is 31.8 Å². The molecule has 16 unspecified atom stereocenters. The number of ether oxygens (including phenoxy) is 3. The lowest BCUT2D eigenvalue weighted by atomic mass is 9.98. The molecule has 750 valence electrons. The van der Waals surface area contributed by atoms with E-state index in [-0.39, 0.29) is 191 Å². The number of benzene rings is 1. The zero-order chi connectivity index (χ0) is 102. The normalized spacial score (nSPS) is 27.4. The second-order valence-corrected chi connectivity index (χ2v) is 45.4. The fourth-order valence-electron chi connectivity index (χ4n) is 16.2. The largest absolute Gasteiger partial charge is 0.543 e. The molecule has 8 fully saturated rings. The number of nitro groups is 1. The number of esters is 3. The Labute approximate surface area is 847 Å². The molecule has 16 atom stereocenters. The maximum Gasteiger partial charge on any atom is 0.352 e. The quantitative estimate of drug-likeness (QED) is 0.00737. The number of thioether (sulfide) groups is 8. The Kier molecular flexibility index (Phi) is 41.7. The lowest BCUT2D eigenvalue weighted by Crippen LogP contribution is -2.61. The zero-order valence-electron chi connectivity index (χ0n) is 78.5. The van der Waals surface area contributed by atoms with Crippen LogP contribution in [0.25, 0.3) is 0 Å². The van der Waals surface area contributed by atoms with Gasteiger partial charge in [0, 0.05) is 141 Å². The Morgan fingerprint density at radius 3 is 1.12 bits per heavy atom. The van der Waals surface area contributed by atoms with Gasteiger partial charge in [0.2, 0.25) is 47.3 Å². The van der Waals surface area contributed by atoms with Crippen LogP contribution in [0.4, 0.5) is 5.69 Å². The Balaban J connectivity index is 0.000000193. The van der Waals surface area contributed by atoms with Crippen molar-refractivity contribution < 1.29 is 123 Å². The topological polar surface area (TPSA) is 522 Å². The molecular formula is C88H112N13O25P2S10-. The number of aliphatic hydroxyl groups excluding tert-OH is 2. The molecule has 16 aliphatic heterocycles. The number of allylic oxidation sites excluding steroid dienone is 5. The minimum absolute atomic E-state index is 0. The maximum absolute atomic E-state index is 11.8. The Morgan fingerprint density at radius 2 is 0.775 bits per heavy atom. The number of nitro benzene ring substituents is 1. The molecule has 0 radical (unpaired) electrons. The zero-order valence-corrected chi connectivity index (χ0v) is 88.5. The average molecular weight is 2140 g/mol. The van der Waals surface area contributed by atoms with Crippen molar-refractivity contribution in [2.24, 2.45) is 52.4 Å². The number of aliphatic hydroxyl groups is 2. The summed E-state index contributed by atoms with van der Waals surface area (Å²) in [5, 5.41) is 64.7. The standard InChI is InChI=1S/C12H14NO5PS2.C12H16NO3PS2.C11H13NO5S.C10H15N3OS.C9H12N3OS.C9H11NO4S.C9H13NO2S.C9H11NO2S.C7H7NO2.H2/c1-6-10(15)13-9(12(16)17)7(5-21-11(6)13)4-18-8(14)2-3-19-20;1-7-11(15)13-8(2)9(6-19-12(7)13)5-16-10(14)3-4-17-18;1-5-9(14)12-8(11(15)16)7(3-17-6(2)13)4-18-10(5)12;1-6-9(14)13-7(2)8(4-12-11-3)5-15-10(6)13;1-5-8(13)12-6(2)7(3-11-10)4-14-9(5)12;1-4-7(12)10-6(9(13)14)5(2-11)3-15-8(4)10;2*1-5-8(12)10-6(2)7(3-11)4-13-9(5)10;1-6-2-4-7(5-3-6)8(9)10;/h6,11H,2-5H2,1H3,(H,16,17);7,12H,3-6H2,1-2H3;5,10H,3-4H2,1-2H3,(H,15,16);4,6,10-11H,5H2,1-3H3;3,5,9-10H,4H2,1-2H3;4,8,11H,2-3H2,1H3,(H,13,14);5,9,11H,3-4H2,1-2H3;3,5,9H,4H2,1-2H3;2-5H,1H3;1H/q;;;;+1;;;;;/p-2/b;;;12-4+;;;;;;/i;;;;;;;;;1+1. The van der Waals surface area contributed by atoms with Gasteiger partial charge in [0.05, 0.1) is 162 Å². The highest BCUT2D eigenvalue weighted by Crippen LogP contribution is 2.50. The van der Waals surface area contributed by atoms with Gasteiger partial charge in [0.15, 0.2) is 0 Å². The van der Waals surface area contributed by atoms with E-state index in [2.05, 4.69) is 15.3 Å². The van der Waals surface area contributed by atoms with E-state index in [0.29, 0.717) is 76.2 Å². The smallest absolute Gasteiger partial charge is 0.352 e. The van der Waals surface area contributed by atoms with Gasteiger partial charge in [-0.25, -0.2) is 4.79 Å². The summed E-state index contributed by atoms with van der Waals surface area (Å²) in [4.78, 5) is 196. The third-order valence-corrected chi connectivity index (χ3v) is 38.4. The summed E-state index contributed by atoms with van der Waals surface area (Å²) in [5.41, 5.74) is 21.3. The van der Waals surface area contributed by atoms with Crippen molar-refractivity contribution in [1.29, 1.82) is 5.53 Å². The van der Waals surface area contributed by atoms with Gasteiger partial charge in [-0.2, -0.15) is 5.10 Å². The number of nitrogens with zero attached hydrogens (tertiary/aromatic N) is 11. The highest BCUT2D eigenvalue weighted by molar-refractivity contribution is 8.02. The van der Waals surface area contributed by atoms with Crippen molar-refractivity contribution in [1.82, 2.24) is 44.6 Å². The Morgan fingerprint density at radius 1 is 0.478 bits per heavy atom. The molecule has 1 aromatic rings. The molecule has 16 aliphatic rings. The molecule has 0 bridgehead atoms. The first-order chi connectivity index (χ1) is 65.4. The van der Waals surface area contributed by atoms with Crippen molar-refractivity contribution in [3.63, 3.8) is 0 Å². The van der Waals surface area contributed by atoms with Crippen LogP contribution in [-0.4, -0.2) is 307 Å². The summed E-state index contributed by atoms with van der Waals surface area (Å²) in [5.74, 6) is 0.983. The van der Waals surface area contributed by atoms with E-state index in [9.17, 15) is 92.2 Å². The number of hydrogen-bond acceptors (Lipinski definition) is 37. The summed E-state index contributed by atoms with van der Waals surface area (Å²) >= 11 is 22.7. The lowest BCUT2D eigenvalue weighted by molar-refractivity contribution is -0.384. The number of aldehydes is 1. The van der Waals surface area contributed by atoms with Crippen molar-refractivity contribution in [2.75, 3.05) is 98.4 Å². The van der Waals surface area contributed by atoms with Gasteiger partial charge in [0.25, 0.3) is 5.69 Å². The molecule has 0 saturated carbocycles. The number of carboxylic acid groups (broad SMARTS) is 3. The van der Waals surface area contributed by atoms with E-state index in [1.807, 2.05) is 108 Å². The van der Waals surface area contributed by atoms with Crippen LogP contribution in [-0.2, 0) is 110 Å². The molecule has 8 saturated heterocycles. The van der Waals surface area contributed by atoms with Crippen LogP contribution in [0.15, 0.2) is 120 Å². The molecule has 8 amide bonds. The summed E-state index contributed by atoms with van der Waals surface area (Å²) in [6, 6.07) is 6.43. The summed E-state index contributed by atoms with van der Waals surface area (Å²) in [7, 11) is 3.24. The Hall–Kier alpha value is -8.60. The minimum Gasteiger partial charge on any atom is -0.543 e. The monoisotopic (exact) mass is 2130 g/mol. The molecule has 0 aliphatic carbocycles. The Bertz CT molecular complexity index is 5420. The van der Waals surface area contributed by atoms with Gasteiger partial charge in [-0.3, -0.25) is 82.3 Å². The predicted octanol–water partition coefficient (Wildman–Crippen LogP) is 7.11. The van der Waals surface area contributed by atoms with E-state index >= 15 is 0 Å². The van der Waals surface area contributed by atoms with Crippen molar-refractivity contribution in [3.8, 4) is 0 Å². The highest BCUT2D eigenvalue weighted by Gasteiger charge is 2.56. The minimum atomic E-state index is -1.41. The van der Waals surface area contributed by atoms with Gasteiger partial charge in [-0.15, -0.1) is 94.1 Å². The number of carboxylic acids is 3. The second kappa shape index (κ2) is 50.9. The number of rotatable bonds is 22. The van der Waals surface area contributed by atoms with Gasteiger partial charge < -0.3 is 79.3 Å². The number of carbonyl (C=O) groups excluding carboxylic acids is 14. The highest BCUT2D eigenvalue weighted by atomic mass is 32.4. The van der Waals surface area contributed by atoms with E-state index in [4.69, 9.17) is 58.7 Å². The third kappa shape index (κ3) is 25.0. The van der Waals surface area contributed by atoms with Crippen LogP contribution in [0.5, 0.6) is 0 Å². The number of hydrogen-bond donors (Lipinski definition) is 5. The van der Waals surface area contributed by atoms with Crippen LogP contribution in [0, 0.1) is 69.9 Å². The predicted molar refractivity (Wildman–Crippen MR) is 533 cm³/mol. The number of amides is 8. The number of β-lactam (4-membered cyclic amide) rings is 8. The second-order valence-electron chi connectivity index (χ2n) is 33.6. The third-order valence-electron chi connectivity index (χ3n) is 24.8. The van der Waals surface area contributed by atoms with E-state index < -0.39 is 34.8 Å². The molecule has 138 heavy (non-hydrogen) atoms. The van der Waals surface area contributed by atoms with Gasteiger partial charge in [-0.05, 0) is 73.0 Å². The molecular weight excluding hydrogens is 2020 g/mol. The first-order valence-electron chi connectivity index (χ1n) is 43.6. The number of nitrogens with one attached hydrogen (secondary N) is 2. The number of aryl methyl sites for hydroxylation is 1. The van der Waals surface area contributed by atoms with Crippen molar-refractivity contribution in [2.45, 2.75) is 160 Å². The summed E-state index contributed by atoms with van der Waals surface area (Å²) < 4.78 is 15.1. The van der Waals surface area contributed by atoms with Crippen LogP contribution < -0.4 is 15.6 Å². The average Bonchev–Trinajstić information content (AvgIpc) is 0.735. The number of fused-ring (bicyclic) bond motifs is 8. The van der Waals surface area contributed by atoms with Crippen LogP contribution in [0.3, 0.4) is 0 Å². The maximum atomic E-state index is 11.8. The molecule has 1 aromatic carbocycles. The van der Waals surface area contributed by atoms with E-state index in [0.717, 1.165) is 104 Å². The SMILES string of the molecule is CC(=O)OCC1=C(C(=O)[O-])N2C(=O)C(C)C2SC1.CC1=C(C=O)CSC2C(C)C(=O)N12.CC1=C(C=[N+]=N)CSC2C(C)C(=O)N12.CC1=C(CO)CSC2C(C)C(=O)N12.CC1=C(COC(=O)CCP=S)CSC2C(C)C(=O)N12.CC1C(=O)N2C(C(=O)O)=C(CO)CSC12.CC1C(=O)N2C(C(=O)[O-])=C(COC(=O)CCP=S)CSC12.CN/N=C/C1=C(C)N2C(=O)C(C)C2SC1.Cc1ccc([N+](=O)[O-])cc1.[2HH]. The van der Waals surface area contributed by atoms with E-state index in [1.54, 1.807) is 98.1 Å². The van der Waals surface area contributed by atoms with Crippen LogP contribution >= 0.6 is 109 Å². The number of non-ortho nitro benzene ring substituents is 1. The first-order valence-corrected chi connectivity index (χ1v) is 56.1. The van der Waals surface area contributed by atoms with Gasteiger partial charge >= 0.3 is 30.1 Å². The number of carbonyl (C=O) groups is 15. The summed E-state index contributed by atoms with van der Waals surface area (Å²) in [6.45, 7) is 27.7. The molecule has 16 heterocycles. The van der Waals surface area contributed by atoms with Crippen LogP contribution in [0.1, 0.15) is 117 Å². The molecule has 0 spiro atoms. The van der Waals surface area contributed by atoms with E-state index in [1.165, 1.54) is 75.3 Å². The molecule has 17 rings (SSSR count). The first kappa shape index (κ1) is 113. The molecule has 0 aromatic heterocycles. The van der Waals surface area contributed by atoms with Crippen molar-refractivity contribution >= 4 is 240 Å². The molecule has 50 heteroatoms. The lowest BCUT2D eigenvalue weighted by Gasteiger charge is -2.49.